The van der Waals surface area contributed by atoms with E-state index < -0.39 is 0 Å². The van der Waals surface area contributed by atoms with Crippen molar-refractivity contribution in [3.8, 4) is 0 Å². The van der Waals surface area contributed by atoms with Gasteiger partial charge in [0.2, 0.25) is 5.91 Å². The van der Waals surface area contributed by atoms with E-state index in [2.05, 4.69) is 21.7 Å². The predicted molar refractivity (Wildman–Crippen MR) is 75.7 cm³/mol. The highest BCUT2D eigenvalue weighted by Crippen LogP contribution is 2.18. The summed E-state index contributed by atoms with van der Waals surface area (Å²) in [6.07, 6.45) is 5.38. The topological polar surface area (TPSA) is 54.0 Å². The summed E-state index contributed by atoms with van der Waals surface area (Å²) in [6.45, 7) is 2.70. The number of aryl methyl sites for hydroxylation is 1. The molecule has 4 heteroatoms. The summed E-state index contributed by atoms with van der Waals surface area (Å²) < 4.78 is 0. The van der Waals surface area contributed by atoms with E-state index in [0.29, 0.717) is 6.54 Å². The average Bonchev–Trinajstić information content (AvgIpc) is 2.92. The van der Waals surface area contributed by atoms with Crippen molar-refractivity contribution in [2.45, 2.75) is 6.92 Å². The van der Waals surface area contributed by atoms with Gasteiger partial charge in [-0.15, -0.1) is 0 Å². The minimum Gasteiger partial charge on any atom is -0.390 e. The molecule has 0 saturated carbocycles. The van der Waals surface area contributed by atoms with Crippen molar-refractivity contribution >= 4 is 22.5 Å². The molecule has 2 heterocycles. The number of hydrogen-bond donors (Lipinski definition) is 2. The molecule has 0 bridgehead atoms. The third-order valence-corrected chi connectivity index (χ3v) is 3.23. The maximum atomic E-state index is 12.0. The third-order valence-electron chi connectivity index (χ3n) is 3.23. The third kappa shape index (κ3) is 2.42. The lowest BCUT2D eigenvalue weighted by Crippen LogP contribution is -2.25. The number of pyridine rings is 1. The molecule has 1 amide bonds. The first-order valence-electron chi connectivity index (χ1n) is 6.30. The molecule has 1 atom stereocenters. The molecule has 0 spiro atoms. The molecule has 0 saturated heterocycles. The van der Waals surface area contributed by atoms with Gasteiger partial charge in [0.05, 0.1) is 23.3 Å². The first-order valence-corrected chi connectivity index (χ1v) is 6.30. The molecule has 2 N–H and O–H groups in total. The van der Waals surface area contributed by atoms with Gasteiger partial charge in [0.25, 0.3) is 0 Å². The summed E-state index contributed by atoms with van der Waals surface area (Å²) in [4.78, 5) is 16.3. The monoisotopic (exact) mass is 253 g/mol. The van der Waals surface area contributed by atoms with Crippen LogP contribution in [-0.4, -0.2) is 17.4 Å². The summed E-state index contributed by atoms with van der Waals surface area (Å²) in [5.41, 5.74) is 2.86. The molecule has 2 aromatic rings. The Kier molecular flexibility index (Phi) is 2.91. The second-order valence-electron chi connectivity index (χ2n) is 4.78. The van der Waals surface area contributed by atoms with Crippen LogP contribution in [0.1, 0.15) is 5.56 Å². The summed E-state index contributed by atoms with van der Waals surface area (Å²) >= 11 is 0. The molecule has 4 nitrogen and oxygen atoms in total. The van der Waals surface area contributed by atoms with Gasteiger partial charge >= 0.3 is 0 Å². The number of carbonyl (C=O) groups excluding carboxylic acids is 1. The molecule has 1 aliphatic heterocycles. The second kappa shape index (κ2) is 4.72. The van der Waals surface area contributed by atoms with Crippen LogP contribution < -0.4 is 10.6 Å². The Labute approximate surface area is 111 Å². The van der Waals surface area contributed by atoms with Gasteiger partial charge in [0, 0.05) is 11.9 Å². The number of fused-ring (bicyclic) bond motifs is 1. The number of rotatable bonds is 2. The van der Waals surface area contributed by atoms with Crippen molar-refractivity contribution in [3.05, 3.63) is 48.3 Å². The van der Waals surface area contributed by atoms with Crippen molar-refractivity contribution in [2.24, 2.45) is 5.92 Å². The zero-order valence-electron chi connectivity index (χ0n) is 10.7. The van der Waals surface area contributed by atoms with Crippen LogP contribution in [0.25, 0.3) is 10.9 Å². The van der Waals surface area contributed by atoms with Crippen LogP contribution in [0.15, 0.2) is 42.7 Å². The molecular formula is C15H15N3O. The smallest absolute Gasteiger partial charge is 0.233 e. The van der Waals surface area contributed by atoms with E-state index in [1.165, 1.54) is 5.56 Å². The molecule has 0 fully saturated rings. The highest BCUT2D eigenvalue weighted by molar-refractivity contribution is 5.95. The summed E-state index contributed by atoms with van der Waals surface area (Å²) in [5.74, 6) is -0.108. The number of amides is 1. The van der Waals surface area contributed by atoms with Crippen molar-refractivity contribution < 1.29 is 4.79 Å². The Bertz CT molecular complexity index is 663. The number of aromatic nitrogens is 1. The summed E-state index contributed by atoms with van der Waals surface area (Å²) in [7, 11) is 0. The van der Waals surface area contributed by atoms with Gasteiger partial charge in [-0.3, -0.25) is 9.78 Å². The molecule has 0 radical (unpaired) electrons. The zero-order valence-corrected chi connectivity index (χ0v) is 10.7. The number of nitrogens with zero attached hydrogens (tertiary/aromatic N) is 1. The summed E-state index contributed by atoms with van der Waals surface area (Å²) in [6, 6.07) is 8.04. The van der Waals surface area contributed by atoms with E-state index in [4.69, 9.17) is 0 Å². The molecule has 1 unspecified atom stereocenters. The van der Waals surface area contributed by atoms with Crippen LogP contribution in [0.3, 0.4) is 0 Å². The van der Waals surface area contributed by atoms with Crippen LogP contribution in [0.4, 0.5) is 5.69 Å². The Balaban J connectivity index is 1.84. The van der Waals surface area contributed by atoms with E-state index in [0.717, 1.165) is 16.6 Å². The van der Waals surface area contributed by atoms with Crippen LogP contribution in [0, 0.1) is 12.8 Å². The molecule has 3 rings (SSSR count). The highest BCUT2D eigenvalue weighted by Gasteiger charge is 2.18. The fraction of sp³-hybridized carbons (Fsp3) is 0.200. The number of benzene rings is 1. The normalized spacial score (nSPS) is 17.4. The summed E-state index contributed by atoms with van der Waals surface area (Å²) in [5, 5.41) is 6.96. The Morgan fingerprint density at radius 1 is 1.42 bits per heavy atom. The van der Waals surface area contributed by atoms with E-state index in [9.17, 15) is 4.79 Å². The van der Waals surface area contributed by atoms with E-state index in [1.54, 1.807) is 6.20 Å². The van der Waals surface area contributed by atoms with Gasteiger partial charge < -0.3 is 10.6 Å². The SMILES string of the molecule is Cc1ccc2ncc(NC(=O)C3C=CNC3)cc2c1. The van der Waals surface area contributed by atoms with Crippen LogP contribution >= 0.6 is 0 Å². The minimum atomic E-state index is -0.104. The van der Waals surface area contributed by atoms with Crippen molar-refractivity contribution in [1.82, 2.24) is 10.3 Å². The maximum absolute atomic E-state index is 12.0. The molecule has 96 valence electrons. The Morgan fingerprint density at radius 2 is 2.32 bits per heavy atom. The predicted octanol–water partition coefficient (Wildman–Crippen LogP) is 2.21. The van der Waals surface area contributed by atoms with Gasteiger partial charge in [-0.05, 0) is 31.3 Å². The van der Waals surface area contributed by atoms with Gasteiger partial charge in [-0.2, -0.15) is 0 Å². The van der Waals surface area contributed by atoms with Crippen LogP contribution in [0.2, 0.25) is 0 Å². The number of carbonyl (C=O) groups is 1. The standard InChI is InChI=1S/C15H15N3O/c1-10-2-3-14-12(6-10)7-13(9-17-14)18-15(19)11-4-5-16-8-11/h2-7,9,11,16H,8H2,1H3,(H,18,19). The lowest BCUT2D eigenvalue weighted by molar-refractivity contribution is -0.118. The van der Waals surface area contributed by atoms with Gasteiger partial charge in [0.15, 0.2) is 0 Å². The molecular weight excluding hydrogens is 238 g/mol. The largest absolute Gasteiger partial charge is 0.390 e. The molecule has 1 aromatic carbocycles. The fourth-order valence-electron chi connectivity index (χ4n) is 2.18. The zero-order chi connectivity index (χ0) is 13.2. The second-order valence-corrected chi connectivity index (χ2v) is 4.78. The minimum absolute atomic E-state index is 0.00458. The van der Waals surface area contributed by atoms with Crippen molar-refractivity contribution in [1.29, 1.82) is 0 Å². The molecule has 0 aliphatic carbocycles. The number of anilines is 1. The van der Waals surface area contributed by atoms with Crippen LogP contribution in [-0.2, 0) is 4.79 Å². The molecule has 1 aliphatic rings. The number of nitrogens with one attached hydrogen (secondary N) is 2. The lowest BCUT2D eigenvalue weighted by atomic mass is 10.1. The highest BCUT2D eigenvalue weighted by atomic mass is 16.1. The van der Waals surface area contributed by atoms with Gasteiger partial charge in [0.1, 0.15) is 0 Å². The fourth-order valence-corrected chi connectivity index (χ4v) is 2.18. The van der Waals surface area contributed by atoms with E-state index in [-0.39, 0.29) is 11.8 Å². The van der Waals surface area contributed by atoms with Gasteiger partial charge in [-0.1, -0.05) is 17.7 Å². The van der Waals surface area contributed by atoms with E-state index >= 15 is 0 Å². The Morgan fingerprint density at radius 3 is 3.11 bits per heavy atom. The Hall–Kier alpha value is -2.36. The lowest BCUT2D eigenvalue weighted by Gasteiger charge is -2.09. The first-order chi connectivity index (χ1) is 9.22. The van der Waals surface area contributed by atoms with E-state index in [1.807, 2.05) is 37.4 Å². The van der Waals surface area contributed by atoms with Gasteiger partial charge in [-0.25, -0.2) is 0 Å². The van der Waals surface area contributed by atoms with Crippen LogP contribution in [0.5, 0.6) is 0 Å². The average molecular weight is 253 g/mol. The van der Waals surface area contributed by atoms with Crippen molar-refractivity contribution in [2.75, 3.05) is 11.9 Å². The molecule has 19 heavy (non-hydrogen) atoms. The first kappa shape index (κ1) is 11.7. The quantitative estimate of drug-likeness (QED) is 0.862. The maximum Gasteiger partial charge on any atom is 0.233 e. The molecule has 1 aromatic heterocycles. The van der Waals surface area contributed by atoms with Crippen molar-refractivity contribution in [3.63, 3.8) is 0 Å². The number of hydrogen-bond acceptors (Lipinski definition) is 3.